The van der Waals surface area contributed by atoms with Crippen LogP contribution in [0.1, 0.15) is 27.0 Å². The highest BCUT2D eigenvalue weighted by molar-refractivity contribution is 9.08. The number of halogens is 4. The van der Waals surface area contributed by atoms with Crippen LogP contribution in [0.4, 0.5) is 24.5 Å². The molecule has 2 aromatic rings. The molecule has 0 aromatic heterocycles. The second-order valence-corrected chi connectivity index (χ2v) is 5.78. The lowest BCUT2D eigenvalue weighted by Crippen LogP contribution is -2.15. The Bertz CT molecular complexity index is 838. The molecule has 1 amide bonds. The first-order valence-corrected chi connectivity index (χ1v) is 8.08. The number of nitro benzene ring substituents is 1. The van der Waals surface area contributed by atoms with Crippen molar-refractivity contribution >= 4 is 33.2 Å². The molecule has 25 heavy (non-hydrogen) atoms. The maximum Gasteiger partial charge on any atom is 0.416 e. The Hall–Kier alpha value is -2.42. The highest BCUT2D eigenvalue weighted by Gasteiger charge is 2.33. The second-order valence-electron chi connectivity index (χ2n) is 5.22. The van der Waals surface area contributed by atoms with E-state index in [-0.39, 0.29) is 27.8 Å². The van der Waals surface area contributed by atoms with Gasteiger partial charge in [-0.3, -0.25) is 14.9 Å². The molecule has 0 saturated heterocycles. The van der Waals surface area contributed by atoms with Gasteiger partial charge in [-0.05, 0) is 30.7 Å². The monoisotopic (exact) mass is 416 g/mol. The van der Waals surface area contributed by atoms with E-state index in [1.807, 2.05) is 0 Å². The van der Waals surface area contributed by atoms with Crippen LogP contribution in [-0.2, 0) is 11.5 Å². The van der Waals surface area contributed by atoms with Gasteiger partial charge in [-0.1, -0.05) is 28.1 Å². The number of amides is 1. The summed E-state index contributed by atoms with van der Waals surface area (Å²) in [4.78, 5) is 22.5. The molecule has 0 radical (unpaired) electrons. The fourth-order valence-corrected chi connectivity index (χ4v) is 2.67. The summed E-state index contributed by atoms with van der Waals surface area (Å²) < 4.78 is 39.2. The molecule has 0 bridgehead atoms. The number of alkyl halides is 4. The first kappa shape index (κ1) is 18.9. The Labute approximate surface area is 149 Å². The van der Waals surface area contributed by atoms with E-state index in [9.17, 15) is 28.1 Å². The lowest BCUT2D eigenvalue weighted by atomic mass is 10.0. The number of rotatable bonds is 4. The van der Waals surface area contributed by atoms with Crippen molar-refractivity contribution in [3.05, 3.63) is 68.8 Å². The Kier molecular flexibility index (Phi) is 5.46. The van der Waals surface area contributed by atoms with Crippen LogP contribution in [0, 0.1) is 17.0 Å². The van der Waals surface area contributed by atoms with Crippen molar-refractivity contribution in [2.45, 2.75) is 18.4 Å². The predicted octanol–water partition coefficient (Wildman–Crippen LogP) is 5.07. The maximum absolute atomic E-state index is 13.1. The van der Waals surface area contributed by atoms with Crippen LogP contribution in [0.3, 0.4) is 0 Å². The van der Waals surface area contributed by atoms with Gasteiger partial charge >= 0.3 is 6.18 Å². The molecule has 0 aliphatic heterocycles. The van der Waals surface area contributed by atoms with Gasteiger partial charge in [0.05, 0.1) is 10.5 Å². The highest BCUT2D eigenvalue weighted by atomic mass is 79.9. The number of nitrogens with zero attached hydrogens (tertiary/aromatic N) is 1. The van der Waals surface area contributed by atoms with Crippen molar-refractivity contribution in [1.29, 1.82) is 0 Å². The first-order valence-electron chi connectivity index (χ1n) is 6.96. The Morgan fingerprint density at radius 2 is 1.92 bits per heavy atom. The van der Waals surface area contributed by atoms with E-state index in [4.69, 9.17) is 0 Å². The largest absolute Gasteiger partial charge is 0.416 e. The molecule has 9 heteroatoms. The zero-order valence-electron chi connectivity index (χ0n) is 12.9. The fourth-order valence-electron chi connectivity index (χ4n) is 2.19. The topological polar surface area (TPSA) is 72.2 Å². The lowest BCUT2D eigenvalue weighted by molar-refractivity contribution is -0.385. The molecule has 0 aliphatic rings. The van der Waals surface area contributed by atoms with Crippen molar-refractivity contribution in [1.82, 2.24) is 0 Å². The summed E-state index contributed by atoms with van der Waals surface area (Å²) in [6.07, 6.45) is -4.60. The van der Waals surface area contributed by atoms with Crippen molar-refractivity contribution in [3.8, 4) is 0 Å². The number of carbonyl (C=O) groups excluding carboxylic acids is 1. The quantitative estimate of drug-likeness (QED) is 0.429. The Balaban J connectivity index is 2.33. The van der Waals surface area contributed by atoms with Crippen molar-refractivity contribution in [2.75, 3.05) is 5.32 Å². The predicted molar refractivity (Wildman–Crippen MR) is 89.9 cm³/mol. The zero-order valence-corrected chi connectivity index (χ0v) is 14.4. The standard InChI is InChI=1S/C16H12BrF3N2O3/c1-9-2-5-12(7-14(9)22(24)25)21-15(23)10-3-4-11(8-17)13(6-10)16(18,19)20/h2-7H,8H2,1H3,(H,21,23). The second kappa shape index (κ2) is 7.22. The summed E-state index contributed by atoms with van der Waals surface area (Å²) in [6.45, 7) is 1.54. The third kappa shape index (κ3) is 4.36. The summed E-state index contributed by atoms with van der Waals surface area (Å²) in [5.74, 6) is -0.787. The highest BCUT2D eigenvalue weighted by Crippen LogP contribution is 2.34. The van der Waals surface area contributed by atoms with Crippen LogP contribution in [0.25, 0.3) is 0 Å². The van der Waals surface area contributed by atoms with Crippen LogP contribution >= 0.6 is 15.9 Å². The Morgan fingerprint density at radius 3 is 2.48 bits per heavy atom. The molecule has 0 fully saturated rings. The van der Waals surface area contributed by atoms with Crippen LogP contribution in [0.15, 0.2) is 36.4 Å². The molecular weight excluding hydrogens is 405 g/mol. The molecule has 0 spiro atoms. The number of nitro groups is 1. The summed E-state index contributed by atoms with van der Waals surface area (Å²) >= 11 is 2.98. The van der Waals surface area contributed by atoms with Gasteiger partial charge in [0.1, 0.15) is 0 Å². The van der Waals surface area contributed by atoms with Crippen LogP contribution < -0.4 is 5.32 Å². The molecule has 0 heterocycles. The van der Waals surface area contributed by atoms with Gasteiger partial charge in [0.25, 0.3) is 11.6 Å². The van der Waals surface area contributed by atoms with Crippen LogP contribution in [0.2, 0.25) is 0 Å². The summed E-state index contributed by atoms with van der Waals surface area (Å²) in [5, 5.41) is 13.3. The minimum atomic E-state index is -4.60. The summed E-state index contributed by atoms with van der Waals surface area (Å²) in [7, 11) is 0. The molecule has 1 N–H and O–H groups in total. The van der Waals surface area contributed by atoms with Crippen LogP contribution in [-0.4, -0.2) is 10.8 Å². The van der Waals surface area contributed by atoms with Crippen LogP contribution in [0.5, 0.6) is 0 Å². The molecule has 0 atom stereocenters. The van der Waals surface area contributed by atoms with Crippen molar-refractivity contribution in [2.24, 2.45) is 0 Å². The number of aryl methyl sites for hydroxylation is 1. The molecule has 5 nitrogen and oxygen atoms in total. The van der Waals surface area contributed by atoms with Gasteiger partial charge in [0.2, 0.25) is 0 Å². The van der Waals surface area contributed by atoms with Gasteiger partial charge in [-0.2, -0.15) is 13.2 Å². The number of hydrogen-bond acceptors (Lipinski definition) is 3. The summed E-state index contributed by atoms with van der Waals surface area (Å²) in [5.41, 5.74) is -0.755. The SMILES string of the molecule is Cc1ccc(NC(=O)c2ccc(CBr)c(C(F)(F)F)c2)cc1[N+](=O)[O-]. The number of hydrogen-bond donors (Lipinski definition) is 1. The lowest BCUT2D eigenvalue weighted by Gasteiger charge is -2.13. The maximum atomic E-state index is 13.1. The molecule has 0 unspecified atom stereocenters. The van der Waals surface area contributed by atoms with Crippen molar-refractivity contribution in [3.63, 3.8) is 0 Å². The smallest absolute Gasteiger partial charge is 0.322 e. The first-order chi connectivity index (χ1) is 11.6. The molecule has 132 valence electrons. The van der Waals surface area contributed by atoms with Gasteiger partial charge < -0.3 is 5.32 Å². The van der Waals surface area contributed by atoms with E-state index in [0.29, 0.717) is 5.56 Å². The number of nitrogens with one attached hydrogen (secondary N) is 1. The van der Waals surface area contributed by atoms with E-state index >= 15 is 0 Å². The Morgan fingerprint density at radius 1 is 1.24 bits per heavy atom. The number of anilines is 1. The number of benzene rings is 2. The van der Waals surface area contributed by atoms with Crippen molar-refractivity contribution < 1.29 is 22.9 Å². The molecular formula is C16H12BrF3N2O3. The number of carbonyl (C=O) groups is 1. The zero-order chi connectivity index (χ0) is 18.8. The third-order valence-corrected chi connectivity index (χ3v) is 4.09. The molecule has 2 rings (SSSR count). The average Bonchev–Trinajstić information content (AvgIpc) is 2.54. The average molecular weight is 417 g/mol. The van der Waals surface area contributed by atoms with E-state index < -0.39 is 22.6 Å². The fraction of sp³-hybridized carbons (Fsp3) is 0.188. The van der Waals surface area contributed by atoms with Gasteiger partial charge in [-0.25, -0.2) is 0 Å². The van der Waals surface area contributed by atoms with Gasteiger partial charge in [0, 0.05) is 28.2 Å². The molecule has 0 aliphatic carbocycles. The van der Waals surface area contributed by atoms with E-state index in [1.54, 1.807) is 6.92 Å². The third-order valence-electron chi connectivity index (χ3n) is 3.49. The molecule has 2 aromatic carbocycles. The minimum Gasteiger partial charge on any atom is -0.322 e. The normalized spacial score (nSPS) is 11.2. The molecule has 0 saturated carbocycles. The van der Waals surface area contributed by atoms with Gasteiger partial charge in [0.15, 0.2) is 0 Å². The van der Waals surface area contributed by atoms with E-state index in [2.05, 4.69) is 21.2 Å². The van der Waals surface area contributed by atoms with E-state index in [0.717, 1.165) is 12.1 Å². The minimum absolute atomic E-state index is 0.00605. The van der Waals surface area contributed by atoms with Gasteiger partial charge in [-0.15, -0.1) is 0 Å². The summed E-state index contributed by atoms with van der Waals surface area (Å²) in [6, 6.07) is 7.29. The van der Waals surface area contributed by atoms with E-state index in [1.165, 1.54) is 24.3 Å².